The normalized spacial score (nSPS) is 21.4. The molecule has 3 aromatic rings. The van der Waals surface area contributed by atoms with Gasteiger partial charge in [-0.15, -0.1) is 0 Å². The number of halogens is 1. The highest BCUT2D eigenvalue weighted by molar-refractivity contribution is 5.85. The van der Waals surface area contributed by atoms with E-state index in [1.807, 2.05) is 36.1 Å². The lowest BCUT2D eigenvalue weighted by Gasteiger charge is -2.39. The molecule has 0 unspecified atom stereocenters. The van der Waals surface area contributed by atoms with Crippen LogP contribution in [0.25, 0.3) is 16.7 Å². The summed E-state index contributed by atoms with van der Waals surface area (Å²) in [5.74, 6) is 0.179. The van der Waals surface area contributed by atoms with Gasteiger partial charge in [-0.1, -0.05) is 13.0 Å². The van der Waals surface area contributed by atoms with E-state index in [2.05, 4.69) is 15.0 Å². The summed E-state index contributed by atoms with van der Waals surface area (Å²) >= 11 is 0. The van der Waals surface area contributed by atoms with Gasteiger partial charge in [-0.25, -0.2) is 14.1 Å². The van der Waals surface area contributed by atoms with Crippen LogP contribution in [0.4, 0.5) is 10.1 Å². The minimum absolute atomic E-state index is 0.124. The summed E-state index contributed by atoms with van der Waals surface area (Å²) in [6.45, 7) is 4.45. The average Bonchev–Trinajstić information content (AvgIpc) is 3.50. The van der Waals surface area contributed by atoms with Gasteiger partial charge in [0.05, 0.1) is 24.0 Å². The van der Waals surface area contributed by atoms with Crippen LogP contribution in [0, 0.1) is 5.41 Å². The molecule has 0 atom stereocenters. The maximum Gasteiger partial charge on any atom is 0.264 e. The number of fused-ring (bicyclic) bond motifs is 1. The Morgan fingerprint density at radius 2 is 1.81 bits per heavy atom. The second kappa shape index (κ2) is 8.93. The van der Waals surface area contributed by atoms with E-state index in [4.69, 9.17) is 0 Å². The molecule has 1 saturated carbocycles. The van der Waals surface area contributed by atoms with Crippen LogP contribution in [0.3, 0.4) is 0 Å². The van der Waals surface area contributed by atoms with E-state index in [-0.39, 0.29) is 23.4 Å². The Hall–Kier alpha value is -3.27. The van der Waals surface area contributed by atoms with Crippen molar-refractivity contribution in [1.82, 2.24) is 24.2 Å². The molecule has 0 spiro atoms. The lowest BCUT2D eigenvalue weighted by Crippen LogP contribution is -2.51. The third-order valence-electron chi connectivity index (χ3n) is 8.38. The van der Waals surface area contributed by atoms with Gasteiger partial charge in [0, 0.05) is 37.3 Å². The van der Waals surface area contributed by atoms with E-state index in [0.717, 1.165) is 24.2 Å². The van der Waals surface area contributed by atoms with Gasteiger partial charge in [0.2, 0.25) is 5.91 Å². The fourth-order valence-corrected chi connectivity index (χ4v) is 5.56. The second-order valence-corrected chi connectivity index (χ2v) is 11.2. The Bertz CT molecular complexity index is 1380. The lowest BCUT2D eigenvalue weighted by molar-refractivity contribution is -0.141. The van der Waals surface area contributed by atoms with Crippen molar-refractivity contribution >= 4 is 22.6 Å². The number of hydrogen-bond acceptors (Lipinski definition) is 6. The van der Waals surface area contributed by atoms with Gasteiger partial charge in [0.25, 0.3) is 5.56 Å². The number of aliphatic hydroxyl groups is 1. The number of likely N-dealkylation sites (tertiary alicyclic amines) is 1. The van der Waals surface area contributed by atoms with E-state index in [1.54, 1.807) is 4.68 Å². The number of alkyl halides is 1. The van der Waals surface area contributed by atoms with E-state index < -0.39 is 11.8 Å². The average molecular weight is 509 g/mol. The number of benzene rings is 1. The molecule has 196 valence electrons. The third kappa shape index (κ3) is 4.52. The highest BCUT2D eigenvalue weighted by atomic mass is 19.1. The van der Waals surface area contributed by atoms with Crippen LogP contribution in [-0.4, -0.2) is 73.2 Å². The van der Waals surface area contributed by atoms with E-state index in [9.17, 15) is 19.1 Å². The summed E-state index contributed by atoms with van der Waals surface area (Å²) in [6.07, 6.45) is 6.01. The van der Waals surface area contributed by atoms with E-state index in [0.29, 0.717) is 62.9 Å². The second-order valence-electron chi connectivity index (χ2n) is 11.2. The molecule has 2 aromatic heterocycles. The van der Waals surface area contributed by atoms with Crippen molar-refractivity contribution < 1.29 is 14.3 Å². The zero-order chi connectivity index (χ0) is 25.8. The van der Waals surface area contributed by atoms with Crippen molar-refractivity contribution in [3.05, 3.63) is 47.1 Å². The van der Waals surface area contributed by atoms with Crippen molar-refractivity contribution in [3.8, 4) is 5.69 Å². The Morgan fingerprint density at radius 3 is 2.51 bits per heavy atom. The maximum absolute atomic E-state index is 13.6. The monoisotopic (exact) mass is 508 g/mol. The van der Waals surface area contributed by atoms with Crippen molar-refractivity contribution in [1.29, 1.82) is 0 Å². The summed E-state index contributed by atoms with van der Waals surface area (Å²) in [6, 6.07) is 7.82. The molecule has 1 amide bonds. The van der Waals surface area contributed by atoms with Crippen LogP contribution in [0.2, 0.25) is 0 Å². The van der Waals surface area contributed by atoms with Crippen molar-refractivity contribution in [2.75, 3.05) is 31.1 Å². The highest BCUT2D eigenvalue weighted by Gasteiger charge is 2.48. The van der Waals surface area contributed by atoms with Gasteiger partial charge in [-0.2, -0.15) is 5.10 Å². The first-order chi connectivity index (χ1) is 17.7. The number of piperidine rings is 2. The van der Waals surface area contributed by atoms with Crippen molar-refractivity contribution in [2.24, 2.45) is 5.41 Å². The van der Waals surface area contributed by atoms with E-state index >= 15 is 0 Å². The summed E-state index contributed by atoms with van der Waals surface area (Å²) in [5.41, 5.74) is 0.675. The number of aromatic nitrogens is 4. The van der Waals surface area contributed by atoms with Gasteiger partial charge in [-0.05, 0) is 56.7 Å². The molecule has 37 heavy (non-hydrogen) atoms. The first-order valence-electron chi connectivity index (χ1n) is 13.2. The molecule has 2 saturated heterocycles. The van der Waals surface area contributed by atoms with Gasteiger partial charge >= 0.3 is 0 Å². The van der Waals surface area contributed by atoms with Gasteiger partial charge in [0.1, 0.15) is 17.9 Å². The smallest absolute Gasteiger partial charge is 0.264 e. The zero-order valence-electron chi connectivity index (χ0n) is 21.1. The molecule has 0 bridgehead atoms. The molecule has 2 aliphatic heterocycles. The number of anilines is 1. The number of nitrogens with zero attached hydrogens (tertiary/aromatic N) is 6. The zero-order valence-corrected chi connectivity index (χ0v) is 21.1. The molecule has 4 heterocycles. The fourth-order valence-electron chi connectivity index (χ4n) is 5.56. The molecule has 3 aliphatic rings. The summed E-state index contributed by atoms with van der Waals surface area (Å²) in [4.78, 5) is 34.5. The van der Waals surface area contributed by atoms with Crippen LogP contribution < -0.4 is 10.5 Å². The summed E-state index contributed by atoms with van der Waals surface area (Å²) < 4.78 is 16.7. The van der Waals surface area contributed by atoms with E-state index in [1.165, 1.54) is 17.1 Å². The SMILES string of the molecule is CC1(C(=O)N2CCC(O)(Cn3cnc4c(cnn4-c4cccc(N5CCC(F)CC5)c4)c3=O)CC2)CC1. The number of carbonyl (C=O) groups is 1. The predicted molar refractivity (Wildman–Crippen MR) is 138 cm³/mol. The van der Waals surface area contributed by atoms with Crippen molar-refractivity contribution in [2.45, 2.75) is 63.8 Å². The lowest BCUT2D eigenvalue weighted by atomic mass is 9.90. The first kappa shape index (κ1) is 24.1. The topological polar surface area (TPSA) is 96.5 Å². The number of amides is 1. The molecule has 1 N–H and O–H groups in total. The van der Waals surface area contributed by atoms with Crippen molar-refractivity contribution in [3.63, 3.8) is 0 Å². The van der Waals surface area contributed by atoms with Crippen LogP contribution >= 0.6 is 0 Å². The van der Waals surface area contributed by atoms with Gasteiger partial charge < -0.3 is 14.9 Å². The third-order valence-corrected chi connectivity index (χ3v) is 8.38. The molecule has 6 rings (SSSR count). The standard InChI is InChI=1S/C27H33FN6O3/c1-26(7-8-26)25(36)32-13-9-27(37,10-14-32)17-33-18-29-23-22(24(33)35)16-30-34(23)21-4-2-3-20(15-21)31-11-5-19(28)6-12-31/h2-4,15-16,18-19,37H,5-14,17H2,1H3. The molecule has 3 fully saturated rings. The molecule has 1 aliphatic carbocycles. The number of hydrogen-bond donors (Lipinski definition) is 1. The van der Waals surface area contributed by atoms with Crippen LogP contribution in [-0.2, 0) is 11.3 Å². The quantitative estimate of drug-likeness (QED) is 0.569. The Morgan fingerprint density at radius 1 is 1.11 bits per heavy atom. The van der Waals surface area contributed by atoms with Crippen LogP contribution in [0.5, 0.6) is 0 Å². The van der Waals surface area contributed by atoms with Crippen LogP contribution in [0.15, 0.2) is 41.6 Å². The Kier molecular flexibility index (Phi) is 5.82. The molecule has 9 nitrogen and oxygen atoms in total. The largest absolute Gasteiger partial charge is 0.388 e. The first-order valence-corrected chi connectivity index (χ1v) is 13.2. The van der Waals surface area contributed by atoms with Gasteiger partial charge in [0.15, 0.2) is 5.65 Å². The minimum atomic E-state index is -1.07. The molecule has 0 radical (unpaired) electrons. The molecule has 1 aromatic carbocycles. The molecule has 10 heteroatoms. The van der Waals surface area contributed by atoms with Gasteiger partial charge in [-0.3, -0.25) is 14.2 Å². The maximum atomic E-state index is 13.6. The highest BCUT2D eigenvalue weighted by Crippen LogP contribution is 2.47. The molecular weight excluding hydrogens is 475 g/mol. The minimum Gasteiger partial charge on any atom is -0.388 e. The predicted octanol–water partition coefficient (Wildman–Crippen LogP) is 2.67. The van der Waals surface area contributed by atoms with Crippen LogP contribution in [0.1, 0.15) is 45.4 Å². The Labute approximate surface area is 214 Å². The number of rotatable bonds is 5. The molecular formula is C27H33FN6O3. The summed E-state index contributed by atoms with van der Waals surface area (Å²) in [7, 11) is 0. The fraction of sp³-hybridized carbons (Fsp3) is 0.556. The summed E-state index contributed by atoms with van der Waals surface area (Å²) in [5, 5.41) is 16.0. The number of carbonyl (C=O) groups excluding carboxylic acids is 1. The Balaban J connectivity index is 1.20.